The molecule has 0 atom stereocenters. The Morgan fingerprint density at radius 1 is 1.12 bits per heavy atom. The van der Waals surface area contributed by atoms with Gasteiger partial charge in [0.2, 0.25) is 0 Å². The number of methoxy groups -OCH3 is 1. The highest BCUT2D eigenvalue weighted by Gasteiger charge is 2.43. The van der Waals surface area contributed by atoms with Gasteiger partial charge in [-0.1, -0.05) is 0 Å². The van der Waals surface area contributed by atoms with Gasteiger partial charge in [-0.2, -0.15) is 18.3 Å². The van der Waals surface area contributed by atoms with Crippen LogP contribution in [0.4, 0.5) is 13.2 Å². The molecule has 0 aliphatic carbocycles. The average molecular weight is 464 g/mol. The Morgan fingerprint density at radius 3 is 2.45 bits per heavy atom. The van der Waals surface area contributed by atoms with E-state index in [4.69, 9.17) is 10.1 Å². The molecule has 1 amide bonds. The number of fused-ring (bicyclic) bond motifs is 1. The van der Waals surface area contributed by atoms with Crippen LogP contribution in [0.3, 0.4) is 0 Å². The fraction of sp³-hybridized carbons (Fsp3) is 0.522. The molecule has 2 aromatic rings. The van der Waals surface area contributed by atoms with Crippen LogP contribution in [0.2, 0.25) is 0 Å². The van der Waals surface area contributed by atoms with Crippen molar-refractivity contribution in [2.45, 2.75) is 44.7 Å². The van der Waals surface area contributed by atoms with E-state index in [0.717, 1.165) is 37.0 Å². The maximum atomic E-state index is 13.7. The van der Waals surface area contributed by atoms with Gasteiger partial charge in [-0.25, -0.2) is 4.68 Å². The number of carbonyl (C=O) groups excluding carboxylic acids is 1. The molecule has 0 unspecified atom stereocenters. The minimum absolute atomic E-state index is 0.0245. The van der Waals surface area contributed by atoms with Crippen LogP contribution in [0.1, 0.15) is 53.8 Å². The molecule has 7 nitrogen and oxygen atoms in total. The van der Waals surface area contributed by atoms with E-state index in [9.17, 15) is 18.0 Å². The number of alkyl halides is 3. The van der Waals surface area contributed by atoms with E-state index >= 15 is 0 Å². The molecule has 3 heterocycles. The van der Waals surface area contributed by atoms with Crippen molar-refractivity contribution in [3.8, 4) is 11.4 Å². The van der Waals surface area contributed by atoms with Crippen molar-refractivity contribution in [1.82, 2.24) is 19.6 Å². The number of aromatic nitrogens is 2. The number of amidine groups is 1. The number of nitrogens with one attached hydrogen (secondary N) is 1. The number of nitrogens with zero attached hydrogens (tertiary/aromatic N) is 4. The minimum atomic E-state index is -4.64. The van der Waals surface area contributed by atoms with E-state index < -0.39 is 17.8 Å². The monoisotopic (exact) mass is 463 g/mol. The molecule has 4 rings (SSSR count). The van der Waals surface area contributed by atoms with Crippen LogP contribution in [-0.4, -0.2) is 64.6 Å². The molecular weight excluding hydrogens is 435 g/mol. The molecule has 2 aliphatic heterocycles. The summed E-state index contributed by atoms with van der Waals surface area (Å²) in [5, 5.41) is 12.0. The number of likely N-dealkylation sites (tertiary alicyclic amines) is 1. The Hall–Kier alpha value is -3.04. The molecule has 0 radical (unpaired) electrons. The summed E-state index contributed by atoms with van der Waals surface area (Å²) in [6, 6.07) is 6.42. The average Bonchev–Trinajstić information content (AvgIpc) is 3.46. The predicted octanol–water partition coefficient (Wildman–Crippen LogP) is 4.14. The first-order valence-corrected chi connectivity index (χ1v) is 11.2. The summed E-state index contributed by atoms with van der Waals surface area (Å²) in [5.74, 6) is 0.750. The fourth-order valence-electron chi connectivity index (χ4n) is 4.50. The Balaban J connectivity index is 1.49. The molecule has 33 heavy (non-hydrogen) atoms. The van der Waals surface area contributed by atoms with Gasteiger partial charge in [0, 0.05) is 38.2 Å². The van der Waals surface area contributed by atoms with Crippen molar-refractivity contribution in [1.29, 1.82) is 5.41 Å². The maximum absolute atomic E-state index is 13.7. The lowest BCUT2D eigenvalue weighted by Gasteiger charge is -2.28. The first-order chi connectivity index (χ1) is 15.8. The van der Waals surface area contributed by atoms with Crippen LogP contribution < -0.4 is 4.74 Å². The molecule has 1 fully saturated rings. The summed E-state index contributed by atoms with van der Waals surface area (Å²) in [4.78, 5) is 16.9. The quantitative estimate of drug-likeness (QED) is 0.381. The van der Waals surface area contributed by atoms with E-state index in [0.29, 0.717) is 36.7 Å². The number of benzene rings is 1. The summed E-state index contributed by atoms with van der Waals surface area (Å²) in [6.07, 6.45) is -0.188. The largest absolute Gasteiger partial charge is 0.497 e. The lowest BCUT2D eigenvalue weighted by atomic mass is 10.0. The van der Waals surface area contributed by atoms with E-state index in [1.165, 1.54) is 7.11 Å². The van der Waals surface area contributed by atoms with E-state index in [-0.39, 0.29) is 24.2 Å². The number of ether oxygens (including phenoxy) is 1. The van der Waals surface area contributed by atoms with Gasteiger partial charge >= 0.3 is 6.18 Å². The van der Waals surface area contributed by atoms with Gasteiger partial charge in [0.15, 0.2) is 5.69 Å². The zero-order valence-corrected chi connectivity index (χ0v) is 18.6. The summed E-state index contributed by atoms with van der Waals surface area (Å²) in [6.45, 7) is 2.54. The van der Waals surface area contributed by atoms with Crippen molar-refractivity contribution >= 4 is 11.7 Å². The number of unbranched alkanes of at least 4 members (excludes halogenated alkanes) is 1. The molecule has 1 N–H and O–H groups in total. The molecule has 1 saturated heterocycles. The number of halogens is 3. The smallest absolute Gasteiger partial charge is 0.435 e. The number of rotatable bonds is 7. The molecular formula is C23H28F3N5O2. The van der Waals surface area contributed by atoms with Crippen molar-refractivity contribution in [2.75, 3.05) is 33.3 Å². The van der Waals surface area contributed by atoms with Crippen molar-refractivity contribution < 1.29 is 22.7 Å². The molecule has 0 bridgehead atoms. The highest BCUT2D eigenvalue weighted by Crippen LogP contribution is 2.36. The molecule has 10 heteroatoms. The molecule has 2 aliphatic rings. The molecule has 1 aromatic heterocycles. The summed E-state index contributed by atoms with van der Waals surface area (Å²) in [5.41, 5.74) is -0.698. The topological polar surface area (TPSA) is 74.5 Å². The van der Waals surface area contributed by atoms with Gasteiger partial charge in [0.05, 0.1) is 18.6 Å². The third-order valence-electron chi connectivity index (χ3n) is 6.27. The Bertz CT molecular complexity index is 1010. The van der Waals surface area contributed by atoms with E-state index in [1.807, 2.05) is 0 Å². The van der Waals surface area contributed by atoms with Crippen LogP contribution in [0.5, 0.6) is 5.75 Å². The zero-order valence-electron chi connectivity index (χ0n) is 18.6. The third kappa shape index (κ3) is 4.84. The summed E-state index contributed by atoms with van der Waals surface area (Å²) >= 11 is 0. The van der Waals surface area contributed by atoms with Crippen LogP contribution in [-0.2, 0) is 12.6 Å². The van der Waals surface area contributed by atoms with Crippen LogP contribution in [0.15, 0.2) is 24.3 Å². The van der Waals surface area contributed by atoms with E-state index in [1.54, 1.807) is 29.2 Å². The Morgan fingerprint density at radius 2 is 1.82 bits per heavy atom. The maximum Gasteiger partial charge on any atom is 0.435 e. The van der Waals surface area contributed by atoms with Crippen LogP contribution >= 0.6 is 0 Å². The second-order valence-corrected chi connectivity index (χ2v) is 8.42. The highest BCUT2D eigenvalue weighted by atomic mass is 19.4. The van der Waals surface area contributed by atoms with Crippen molar-refractivity contribution in [3.05, 3.63) is 41.2 Å². The number of amides is 1. The summed E-state index contributed by atoms with van der Waals surface area (Å²) in [7, 11) is 1.50. The zero-order chi connectivity index (χ0) is 23.6. The van der Waals surface area contributed by atoms with Gasteiger partial charge in [-0.05, 0) is 56.4 Å². The van der Waals surface area contributed by atoms with Gasteiger partial charge in [-0.3, -0.25) is 10.2 Å². The van der Waals surface area contributed by atoms with Crippen LogP contribution in [0, 0.1) is 5.41 Å². The van der Waals surface area contributed by atoms with Gasteiger partial charge in [0.1, 0.15) is 11.4 Å². The highest BCUT2D eigenvalue weighted by molar-refractivity contribution is 5.96. The lowest BCUT2D eigenvalue weighted by molar-refractivity contribution is -0.142. The second-order valence-electron chi connectivity index (χ2n) is 8.42. The number of hydrogen-bond donors (Lipinski definition) is 1. The van der Waals surface area contributed by atoms with Crippen molar-refractivity contribution in [2.24, 2.45) is 0 Å². The van der Waals surface area contributed by atoms with Crippen LogP contribution in [0.25, 0.3) is 5.69 Å². The third-order valence-corrected chi connectivity index (χ3v) is 6.27. The Kier molecular flexibility index (Phi) is 6.62. The van der Waals surface area contributed by atoms with E-state index in [2.05, 4.69) is 10.00 Å². The van der Waals surface area contributed by atoms with Gasteiger partial charge in [-0.15, -0.1) is 0 Å². The molecule has 0 spiro atoms. The Labute approximate surface area is 190 Å². The second kappa shape index (κ2) is 9.44. The lowest BCUT2D eigenvalue weighted by Crippen LogP contribution is -2.39. The molecule has 178 valence electrons. The number of carbonyl (C=O) groups is 1. The van der Waals surface area contributed by atoms with Gasteiger partial charge < -0.3 is 14.5 Å². The predicted molar refractivity (Wildman–Crippen MR) is 117 cm³/mol. The van der Waals surface area contributed by atoms with Gasteiger partial charge in [0.25, 0.3) is 5.91 Å². The standard InChI is InChI=1S/C23H28F3N5O2/c1-33-17-9-7-16(8-10-17)31-20-18(21(28-31)23(24,25)26)11-15-30(22(20)32)14-3-2-6-19(27)29-12-4-5-13-29/h7-10,27H,2-6,11-15H2,1H3. The SMILES string of the molecule is COc1ccc(-n2nc(C(F)(F)F)c3c2C(=O)N(CCCCC(=N)N2CCCC2)CC3)cc1. The molecule has 1 aromatic carbocycles. The first-order valence-electron chi connectivity index (χ1n) is 11.2. The first kappa shape index (κ1) is 23.1. The minimum Gasteiger partial charge on any atom is -0.497 e. The van der Waals surface area contributed by atoms with Crippen molar-refractivity contribution in [3.63, 3.8) is 0 Å². The molecule has 0 saturated carbocycles. The number of hydrogen-bond acceptors (Lipinski definition) is 4. The fourth-order valence-corrected chi connectivity index (χ4v) is 4.50. The normalized spacial score (nSPS) is 16.3. The summed E-state index contributed by atoms with van der Waals surface area (Å²) < 4.78 is 47.2.